The molecule has 174 valence electrons. The summed E-state index contributed by atoms with van der Waals surface area (Å²) in [7, 11) is 4.54. The number of carbonyl (C=O) groups excluding carboxylic acids is 2. The van der Waals surface area contributed by atoms with Gasteiger partial charge in [-0.3, -0.25) is 0 Å². The Morgan fingerprint density at radius 2 is 1.09 bits per heavy atom. The van der Waals surface area contributed by atoms with Crippen LogP contribution in [0.25, 0.3) is 0 Å². The van der Waals surface area contributed by atoms with Gasteiger partial charge in [0.1, 0.15) is 0 Å². The van der Waals surface area contributed by atoms with Crippen molar-refractivity contribution < 1.29 is 37.5 Å². The molecule has 2 rings (SSSR count). The molecule has 2 aromatic carbocycles. The number of rotatable bonds is 13. The monoisotopic (exact) mass is 464 g/mol. The van der Waals surface area contributed by atoms with Crippen LogP contribution in [0.5, 0.6) is 23.0 Å². The lowest BCUT2D eigenvalue weighted by molar-refractivity contribution is 0.0473. The number of carbonyl (C=O) groups is 2. The van der Waals surface area contributed by atoms with Crippen molar-refractivity contribution in [2.75, 3.05) is 34.5 Å². The zero-order chi connectivity index (χ0) is 23.3. The lowest BCUT2D eigenvalue weighted by Gasteiger charge is -2.10. The largest absolute Gasteiger partial charge is 0.493 e. The van der Waals surface area contributed by atoms with Gasteiger partial charge in [0, 0.05) is 19.0 Å². The lowest BCUT2D eigenvalue weighted by Crippen LogP contribution is -2.08. The van der Waals surface area contributed by atoms with Gasteiger partial charge in [-0.2, -0.15) is 0 Å². The summed E-state index contributed by atoms with van der Waals surface area (Å²) in [5, 5.41) is 0. The summed E-state index contributed by atoms with van der Waals surface area (Å²) in [5.41, 5.74) is 0.761. The fourth-order valence-electron chi connectivity index (χ4n) is 2.89. The molecule has 0 aliphatic heterocycles. The summed E-state index contributed by atoms with van der Waals surface area (Å²) in [6.07, 6.45) is 3.11. The molecule has 9 heteroatoms. The molecule has 32 heavy (non-hydrogen) atoms. The highest BCUT2D eigenvalue weighted by molar-refractivity contribution is 7.75. The molecule has 0 aliphatic rings. The van der Waals surface area contributed by atoms with Crippen LogP contribution in [0.2, 0.25) is 0 Å². The maximum absolute atomic E-state index is 12.1. The first-order valence-electron chi connectivity index (χ1n) is 10.1. The van der Waals surface area contributed by atoms with E-state index in [-0.39, 0.29) is 0 Å². The highest BCUT2D eigenvalue weighted by atomic mass is 32.1. The number of hydrogen-bond acceptors (Lipinski definition) is 9. The predicted octanol–water partition coefficient (Wildman–Crippen LogP) is 4.51. The highest BCUT2D eigenvalue weighted by Gasteiger charge is 2.13. The van der Waals surface area contributed by atoms with Crippen LogP contribution in [0.1, 0.15) is 46.4 Å². The number of hydrogen-bond donors (Lipinski definition) is 1. The fraction of sp³-hybridized carbons (Fsp3) is 0.391. The molecule has 2 aromatic rings. The second kappa shape index (κ2) is 13.4. The van der Waals surface area contributed by atoms with Gasteiger partial charge in [0.2, 0.25) is 0 Å². The Labute approximate surface area is 193 Å². The van der Waals surface area contributed by atoms with E-state index in [9.17, 15) is 9.59 Å². The van der Waals surface area contributed by atoms with Gasteiger partial charge in [-0.15, -0.1) is 0 Å². The van der Waals surface area contributed by atoms with Gasteiger partial charge in [0.25, 0.3) is 0 Å². The molecule has 8 nitrogen and oxygen atoms in total. The Balaban J connectivity index is 1.62. The molecule has 0 amide bonds. The van der Waals surface area contributed by atoms with Gasteiger partial charge in [-0.25, -0.2) is 9.59 Å². The van der Waals surface area contributed by atoms with Crippen molar-refractivity contribution in [2.24, 2.45) is 0 Å². The minimum atomic E-state index is -0.442. The first-order valence-corrected chi connectivity index (χ1v) is 10.5. The van der Waals surface area contributed by atoms with E-state index < -0.39 is 11.9 Å². The van der Waals surface area contributed by atoms with E-state index in [0.717, 1.165) is 12.8 Å². The molecule has 0 spiro atoms. The third-order valence-corrected chi connectivity index (χ3v) is 4.82. The van der Waals surface area contributed by atoms with E-state index in [2.05, 4.69) is 12.9 Å². The molecule has 0 saturated heterocycles. The van der Waals surface area contributed by atoms with Gasteiger partial charge in [-0.1, -0.05) is 0 Å². The van der Waals surface area contributed by atoms with Crippen LogP contribution < -0.4 is 18.4 Å². The van der Waals surface area contributed by atoms with Gasteiger partial charge < -0.3 is 27.9 Å². The van der Waals surface area contributed by atoms with Crippen molar-refractivity contribution in [1.29, 1.82) is 0 Å². The van der Waals surface area contributed by atoms with E-state index in [0.29, 0.717) is 60.2 Å². The Morgan fingerprint density at radius 1 is 0.656 bits per heavy atom. The summed E-state index contributed by atoms with van der Waals surface area (Å²) >= 11 is 3.75. The van der Waals surface area contributed by atoms with Crippen molar-refractivity contribution in [3.63, 3.8) is 0 Å². The lowest BCUT2D eigenvalue weighted by atomic mass is 10.2. The molecule has 0 bridgehead atoms. The van der Waals surface area contributed by atoms with Crippen LogP contribution in [0.15, 0.2) is 36.4 Å². The average Bonchev–Trinajstić information content (AvgIpc) is 2.84. The summed E-state index contributed by atoms with van der Waals surface area (Å²) in [6.45, 7) is 0.610. The second-order valence-corrected chi connectivity index (χ2v) is 6.90. The Bertz CT molecular complexity index is 826. The molecular weight excluding hydrogens is 436 g/mol. The molecule has 0 aromatic heterocycles. The van der Waals surface area contributed by atoms with Crippen molar-refractivity contribution in [3.05, 3.63) is 47.5 Å². The standard InChI is InChI=1S/C23H28O8S/c1-26-18-10-8-16(14-20(18)28-3)22(24)29-12-6-4-5-7-13-30-23(25)17-9-11-19(27-2)21(15-17)31-32/h8-11,14-15,32H,4-7,12-13H2,1-3H3. The van der Waals surface area contributed by atoms with E-state index in [4.69, 9.17) is 27.9 Å². The Hall–Kier alpha value is -3.07. The Morgan fingerprint density at radius 3 is 1.53 bits per heavy atom. The van der Waals surface area contributed by atoms with E-state index in [1.807, 2.05) is 0 Å². The molecule has 0 fully saturated rings. The van der Waals surface area contributed by atoms with Crippen molar-refractivity contribution in [1.82, 2.24) is 0 Å². The van der Waals surface area contributed by atoms with Crippen LogP contribution in [0.3, 0.4) is 0 Å². The zero-order valence-electron chi connectivity index (χ0n) is 18.4. The fourth-order valence-corrected chi connectivity index (χ4v) is 3.03. The van der Waals surface area contributed by atoms with Gasteiger partial charge in [0.15, 0.2) is 23.0 Å². The smallest absolute Gasteiger partial charge is 0.338 e. The van der Waals surface area contributed by atoms with Gasteiger partial charge >= 0.3 is 11.9 Å². The van der Waals surface area contributed by atoms with Crippen LogP contribution in [0, 0.1) is 0 Å². The third-order valence-electron chi connectivity index (χ3n) is 4.62. The number of esters is 2. The summed E-state index contributed by atoms with van der Waals surface area (Å²) in [6, 6.07) is 9.61. The molecule has 0 atom stereocenters. The van der Waals surface area contributed by atoms with E-state index in [1.54, 1.807) is 30.3 Å². The molecule has 0 saturated carbocycles. The van der Waals surface area contributed by atoms with E-state index >= 15 is 0 Å². The van der Waals surface area contributed by atoms with Gasteiger partial charge in [-0.05, 0) is 56.0 Å². The number of unbranched alkanes of at least 4 members (excludes halogenated alkanes) is 3. The minimum absolute atomic E-state index is 0.299. The summed E-state index contributed by atoms with van der Waals surface area (Å²) < 4.78 is 30.9. The quantitative estimate of drug-likeness (QED) is 0.200. The zero-order valence-corrected chi connectivity index (χ0v) is 19.3. The molecule has 0 unspecified atom stereocenters. The predicted molar refractivity (Wildman–Crippen MR) is 121 cm³/mol. The number of ether oxygens (including phenoxy) is 5. The van der Waals surface area contributed by atoms with Crippen LogP contribution in [-0.2, 0) is 9.47 Å². The minimum Gasteiger partial charge on any atom is -0.493 e. The van der Waals surface area contributed by atoms with Crippen molar-refractivity contribution in [3.8, 4) is 23.0 Å². The number of benzene rings is 2. The maximum atomic E-state index is 12.1. The topological polar surface area (TPSA) is 89.5 Å². The highest BCUT2D eigenvalue weighted by Crippen LogP contribution is 2.29. The first kappa shape index (κ1) is 25.2. The molecule has 0 radical (unpaired) electrons. The number of thiol groups is 1. The van der Waals surface area contributed by atoms with Gasteiger partial charge in [0.05, 0.1) is 45.7 Å². The molecule has 0 heterocycles. The molecule has 0 N–H and O–H groups in total. The normalized spacial score (nSPS) is 10.2. The van der Waals surface area contributed by atoms with Crippen LogP contribution in [0.4, 0.5) is 0 Å². The second-order valence-electron chi connectivity index (χ2n) is 6.71. The van der Waals surface area contributed by atoms with Crippen LogP contribution in [-0.4, -0.2) is 46.5 Å². The summed E-state index contributed by atoms with van der Waals surface area (Å²) in [5.74, 6) is 0.982. The van der Waals surface area contributed by atoms with Crippen LogP contribution >= 0.6 is 12.9 Å². The third kappa shape index (κ3) is 7.26. The summed E-state index contributed by atoms with van der Waals surface area (Å²) in [4.78, 5) is 24.3. The van der Waals surface area contributed by atoms with Crippen molar-refractivity contribution >= 4 is 24.8 Å². The first-order chi connectivity index (χ1) is 15.5. The van der Waals surface area contributed by atoms with Crippen molar-refractivity contribution in [2.45, 2.75) is 25.7 Å². The number of methoxy groups -OCH3 is 3. The molecular formula is C23H28O8S. The SMILES string of the molecule is COc1ccc(C(=O)OCCCCCCOC(=O)c2ccc(OC)c(OS)c2)cc1OC. The van der Waals surface area contributed by atoms with E-state index in [1.165, 1.54) is 27.4 Å². The maximum Gasteiger partial charge on any atom is 0.338 e. The average molecular weight is 465 g/mol. The molecule has 0 aliphatic carbocycles. The Kier molecular flexibility index (Phi) is 10.5.